The normalized spacial score (nSPS) is 24.8. The molecule has 0 aromatic carbocycles. The van der Waals surface area contributed by atoms with E-state index in [4.69, 9.17) is 9.72 Å². The van der Waals surface area contributed by atoms with Gasteiger partial charge in [-0.05, 0) is 37.7 Å². The topological polar surface area (TPSA) is 74.3 Å². The molecule has 28 heavy (non-hydrogen) atoms. The first-order valence-corrected chi connectivity index (χ1v) is 10.6. The second kappa shape index (κ2) is 6.94. The zero-order chi connectivity index (χ0) is 19.3. The molecule has 2 unspecified atom stereocenters. The molecule has 3 fully saturated rings. The van der Waals surface area contributed by atoms with Gasteiger partial charge in [-0.3, -0.25) is 4.90 Å². The lowest BCUT2D eigenvalue weighted by Gasteiger charge is -2.41. The first-order chi connectivity index (χ1) is 13.6. The second-order valence-corrected chi connectivity index (χ2v) is 8.95. The molecular weight excluding hydrogens is 354 g/mol. The van der Waals surface area contributed by atoms with Crippen LogP contribution >= 0.6 is 0 Å². The van der Waals surface area contributed by atoms with Crippen molar-refractivity contribution in [3.8, 4) is 0 Å². The molecule has 150 valence electrons. The minimum atomic E-state index is -0.144. The Morgan fingerprint density at radius 3 is 2.64 bits per heavy atom. The van der Waals surface area contributed by atoms with E-state index in [1.807, 2.05) is 11.1 Å². The Bertz CT molecular complexity index is 861. The number of nitrogens with one attached hydrogen (secondary N) is 1. The molecule has 2 aromatic heterocycles. The van der Waals surface area contributed by atoms with Crippen LogP contribution in [0.3, 0.4) is 0 Å². The zero-order valence-electron chi connectivity index (χ0n) is 16.7. The number of hydrogen-bond acceptors (Lipinski definition) is 5. The maximum atomic E-state index is 12.6. The molecule has 2 atom stereocenters. The minimum Gasteiger partial charge on any atom is -0.449 e. The Labute approximate surface area is 165 Å². The highest BCUT2D eigenvalue weighted by atomic mass is 16.6. The molecule has 2 aliphatic heterocycles. The van der Waals surface area contributed by atoms with Crippen molar-refractivity contribution in [3.63, 3.8) is 0 Å². The van der Waals surface area contributed by atoms with E-state index >= 15 is 0 Å². The molecule has 2 bridgehead atoms. The van der Waals surface area contributed by atoms with Gasteiger partial charge in [0.1, 0.15) is 11.3 Å². The van der Waals surface area contributed by atoms with Crippen LogP contribution in [0.5, 0.6) is 0 Å². The van der Waals surface area contributed by atoms with Gasteiger partial charge in [0.05, 0.1) is 24.4 Å². The van der Waals surface area contributed by atoms with Gasteiger partial charge in [-0.15, -0.1) is 0 Å². The number of imidazole rings is 1. The van der Waals surface area contributed by atoms with Gasteiger partial charge < -0.3 is 14.6 Å². The number of pyridine rings is 1. The van der Waals surface area contributed by atoms with Crippen molar-refractivity contribution in [2.75, 3.05) is 24.6 Å². The van der Waals surface area contributed by atoms with Gasteiger partial charge in [-0.25, -0.2) is 14.8 Å². The first-order valence-electron chi connectivity index (χ1n) is 10.6. The van der Waals surface area contributed by atoms with Gasteiger partial charge in [0.2, 0.25) is 0 Å². The Morgan fingerprint density at radius 1 is 1.25 bits per heavy atom. The van der Waals surface area contributed by atoms with Crippen LogP contribution in [0.1, 0.15) is 57.7 Å². The number of ether oxygens (including phenoxy) is 1. The van der Waals surface area contributed by atoms with Gasteiger partial charge in [0.15, 0.2) is 5.65 Å². The van der Waals surface area contributed by atoms with E-state index < -0.39 is 0 Å². The lowest BCUT2D eigenvalue weighted by molar-refractivity contribution is 0.0704. The zero-order valence-corrected chi connectivity index (χ0v) is 16.7. The number of carbonyl (C=O) groups is 1. The average molecular weight is 383 g/mol. The fourth-order valence-corrected chi connectivity index (χ4v) is 4.76. The predicted octanol–water partition coefficient (Wildman–Crippen LogP) is 3.67. The maximum absolute atomic E-state index is 12.6. The quantitative estimate of drug-likeness (QED) is 0.872. The van der Waals surface area contributed by atoms with Gasteiger partial charge in [-0.2, -0.15) is 0 Å². The fourth-order valence-electron chi connectivity index (χ4n) is 4.76. The van der Waals surface area contributed by atoms with Gasteiger partial charge in [0.25, 0.3) is 0 Å². The van der Waals surface area contributed by atoms with Crippen LogP contribution in [-0.4, -0.2) is 57.7 Å². The molecule has 7 heteroatoms. The van der Waals surface area contributed by atoms with Crippen molar-refractivity contribution in [3.05, 3.63) is 18.1 Å². The Kier molecular flexibility index (Phi) is 4.40. The van der Waals surface area contributed by atoms with E-state index in [0.717, 1.165) is 48.6 Å². The highest BCUT2D eigenvalue weighted by Gasteiger charge is 2.44. The summed E-state index contributed by atoms with van der Waals surface area (Å²) in [7, 11) is 0. The molecule has 2 aromatic rings. The largest absolute Gasteiger partial charge is 0.449 e. The lowest BCUT2D eigenvalue weighted by Crippen LogP contribution is -2.56. The van der Waals surface area contributed by atoms with Crippen LogP contribution in [0.4, 0.5) is 10.5 Å². The Morgan fingerprint density at radius 2 is 2.00 bits per heavy atom. The van der Waals surface area contributed by atoms with E-state index in [1.165, 1.54) is 19.3 Å². The van der Waals surface area contributed by atoms with Crippen LogP contribution < -0.4 is 4.90 Å². The van der Waals surface area contributed by atoms with Gasteiger partial charge in [-0.1, -0.05) is 20.3 Å². The van der Waals surface area contributed by atoms with Crippen molar-refractivity contribution < 1.29 is 9.53 Å². The molecule has 0 spiro atoms. The number of aromatic amines is 1. The minimum absolute atomic E-state index is 0.144. The standard InChI is InChI=1S/C21H29N5O2/c1-13(2)12-28-21(27)26-15-6-7-16(26)11-25(10-15)17-8-9-22-20-18(17)23-19(24-20)14-4-3-5-14/h8-9,13-16H,3-7,10-12H2,1-2H3,(H,22,23,24). The molecule has 1 N–H and O–H groups in total. The second-order valence-electron chi connectivity index (χ2n) is 8.95. The Hall–Kier alpha value is -2.31. The number of fused-ring (bicyclic) bond motifs is 3. The number of nitrogens with zero attached hydrogens (tertiary/aromatic N) is 4. The summed E-state index contributed by atoms with van der Waals surface area (Å²) < 4.78 is 5.53. The Balaban J connectivity index is 1.36. The molecule has 1 amide bonds. The molecule has 1 saturated carbocycles. The highest BCUT2D eigenvalue weighted by molar-refractivity contribution is 5.86. The summed E-state index contributed by atoms with van der Waals surface area (Å²) in [6, 6.07) is 2.52. The number of carbonyl (C=O) groups excluding carboxylic acids is 1. The number of rotatable bonds is 4. The van der Waals surface area contributed by atoms with Crippen molar-refractivity contribution in [2.24, 2.45) is 5.92 Å². The number of piperazine rings is 1. The molecule has 7 nitrogen and oxygen atoms in total. The fraction of sp³-hybridized carbons (Fsp3) is 0.667. The van der Waals surface area contributed by atoms with E-state index in [2.05, 4.69) is 34.8 Å². The molecule has 0 radical (unpaired) electrons. The number of amides is 1. The molecular formula is C21H29N5O2. The first kappa shape index (κ1) is 17.8. The number of H-pyrrole nitrogens is 1. The highest BCUT2D eigenvalue weighted by Crippen LogP contribution is 2.38. The summed E-state index contributed by atoms with van der Waals surface area (Å²) >= 11 is 0. The van der Waals surface area contributed by atoms with E-state index in [-0.39, 0.29) is 18.2 Å². The van der Waals surface area contributed by atoms with Crippen molar-refractivity contribution in [1.82, 2.24) is 19.9 Å². The third kappa shape index (κ3) is 3.01. The number of anilines is 1. The average Bonchev–Trinajstić information content (AvgIpc) is 3.16. The summed E-state index contributed by atoms with van der Waals surface area (Å²) in [5.74, 6) is 2.00. The van der Waals surface area contributed by atoms with E-state index in [1.54, 1.807) is 0 Å². The van der Waals surface area contributed by atoms with Crippen LogP contribution in [0.15, 0.2) is 12.3 Å². The maximum Gasteiger partial charge on any atom is 0.410 e. The predicted molar refractivity (Wildman–Crippen MR) is 108 cm³/mol. The van der Waals surface area contributed by atoms with Gasteiger partial charge >= 0.3 is 6.09 Å². The summed E-state index contributed by atoms with van der Waals surface area (Å²) in [4.78, 5) is 29.8. The number of hydrogen-bond donors (Lipinski definition) is 1. The molecule has 5 rings (SSSR count). The smallest absolute Gasteiger partial charge is 0.410 e. The third-order valence-corrected chi connectivity index (χ3v) is 6.45. The summed E-state index contributed by atoms with van der Waals surface area (Å²) in [6.07, 6.45) is 7.53. The van der Waals surface area contributed by atoms with Crippen LogP contribution in [0.2, 0.25) is 0 Å². The number of aromatic nitrogens is 3. The lowest BCUT2D eigenvalue weighted by atomic mass is 9.85. The monoisotopic (exact) mass is 383 g/mol. The molecule has 1 aliphatic carbocycles. The van der Waals surface area contributed by atoms with Crippen LogP contribution in [0.25, 0.3) is 11.2 Å². The molecule has 4 heterocycles. The van der Waals surface area contributed by atoms with Crippen molar-refractivity contribution >= 4 is 22.9 Å². The third-order valence-electron chi connectivity index (χ3n) is 6.45. The summed E-state index contributed by atoms with van der Waals surface area (Å²) in [5.41, 5.74) is 3.01. The molecule has 2 saturated heterocycles. The van der Waals surface area contributed by atoms with Crippen molar-refractivity contribution in [1.29, 1.82) is 0 Å². The van der Waals surface area contributed by atoms with E-state index in [9.17, 15) is 4.79 Å². The summed E-state index contributed by atoms with van der Waals surface area (Å²) in [5, 5.41) is 0. The SMILES string of the molecule is CC(C)COC(=O)N1C2CCC1CN(c1ccnc3nc(C4CCC4)[nH]c13)C2. The van der Waals surface area contributed by atoms with E-state index in [0.29, 0.717) is 18.4 Å². The van der Waals surface area contributed by atoms with Crippen LogP contribution in [0, 0.1) is 5.92 Å². The molecule has 3 aliphatic rings. The van der Waals surface area contributed by atoms with Gasteiger partial charge in [0, 0.05) is 25.2 Å². The summed E-state index contributed by atoms with van der Waals surface area (Å²) in [6.45, 7) is 6.30. The van der Waals surface area contributed by atoms with Crippen LogP contribution in [-0.2, 0) is 4.74 Å². The van der Waals surface area contributed by atoms with Crippen molar-refractivity contribution in [2.45, 2.75) is 64.0 Å².